The molecular formula is C14H20N2O3S2. The Labute approximate surface area is 129 Å². The third kappa shape index (κ3) is 4.41. The van der Waals surface area contributed by atoms with E-state index in [1.165, 1.54) is 17.6 Å². The maximum Gasteiger partial charge on any atom is 0.242 e. The van der Waals surface area contributed by atoms with E-state index in [1.807, 2.05) is 0 Å². The van der Waals surface area contributed by atoms with Gasteiger partial charge in [-0.25, -0.2) is 13.1 Å². The Balaban J connectivity index is 2.05. The molecule has 0 aliphatic carbocycles. The van der Waals surface area contributed by atoms with E-state index in [2.05, 4.69) is 23.9 Å². The molecule has 2 N–H and O–H groups in total. The smallest absolute Gasteiger partial charge is 0.242 e. The molecule has 2 heterocycles. The molecule has 7 heteroatoms. The van der Waals surface area contributed by atoms with Gasteiger partial charge in [-0.05, 0) is 25.1 Å². The number of nitrogens with one attached hydrogen (secondary N) is 2. The average Bonchev–Trinajstić information content (AvgIpc) is 3.07. The van der Waals surface area contributed by atoms with Crippen molar-refractivity contribution in [2.45, 2.75) is 44.3 Å². The lowest BCUT2D eigenvalue weighted by atomic mass is 10.3. The van der Waals surface area contributed by atoms with Gasteiger partial charge in [-0.1, -0.05) is 13.8 Å². The lowest BCUT2D eigenvalue weighted by Crippen LogP contribution is -2.26. The van der Waals surface area contributed by atoms with Crippen LogP contribution in [0.2, 0.25) is 0 Å². The molecule has 2 aromatic heterocycles. The Morgan fingerprint density at radius 2 is 2.10 bits per heavy atom. The topological polar surface area (TPSA) is 71.3 Å². The van der Waals surface area contributed by atoms with E-state index < -0.39 is 16.1 Å². The van der Waals surface area contributed by atoms with Crippen LogP contribution in [0.25, 0.3) is 0 Å². The molecule has 0 aliphatic heterocycles. The molecule has 2 rings (SSSR count). The third-order valence-electron chi connectivity index (χ3n) is 2.93. The number of hydrogen-bond donors (Lipinski definition) is 2. The molecule has 0 aliphatic rings. The van der Waals surface area contributed by atoms with Gasteiger partial charge in [0.2, 0.25) is 10.0 Å². The highest BCUT2D eigenvalue weighted by Gasteiger charge is 2.21. The van der Waals surface area contributed by atoms with Gasteiger partial charge in [-0.2, -0.15) is 0 Å². The second-order valence-corrected chi connectivity index (χ2v) is 7.85. The van der Waals surface area contributed by atoms with Crippen LogP contribution in [0.1, 0.15) is 37.5 Å². The summed E-state index contributed by atoms with van der Waals surface area (Å²) in [5.41, 5.74) is 0. The summed E-state index contributed by atoms with van der Waals surface area (Å²) in [6.45, 7) is 6.53. The van der Waals surface area contributed by atoms with Gasteiger partial charge in [-0.15, -0.1) is 11.3 Å². The number of thiophene rings is 1. The van der Waals surface area contributed by atoms with Gasteiger partial charge in [0.05, 0.1) is 17.2 Å². The molecule has 2 aromatic rings. The summed E-state index contributed by atoms with van der Waals surface area (Å²) in [6.07, 6.45) is 1.53. The first kappa shape index (κ1) is 16.2. The Morgan fingerprint density at radius 1 is 1.33 bits per heavy atom. The largest absolute Gasteiger partial charge is 0.468 e. The van der Waals surface area contributed by atoms with E-state index in [4.69, 9.17) is 4.42 Å². The fourth-order valence-electron chi connectivity index (χ4n) is 1.80. The van der Waals surface area contributed by atoms with Crippen LogP contribution in [-0.2, 0) is 16.6 Å². The molecule has 1 unspecified atom stereocenters. The normalized spacial score (nSPS) is 13.7. The van der Waals surface area contributed by atoms with E-state index in [0.29, 0.717) is 23.2 Å². The molecule has 116 valence electrons. The van der Waals surface area contributed by atoms with Crippen molar-refractivity contribution in [2.24, 2.45) is 0 Å². The number of rotatable bonds is 7. The highest BCUT2D eigenvalue weighted by molar-refractivity contribution is 7.89. The van der Waals surface area contributed by atoms with Crippen LogP contribution in [0, 0.1) is 0 Å². The van der Waals surface area contributed by atoms with Gasteiger partial charge in [0.15, 0.2) is 0 Å². The number of sulfonamides is 1. The van der Waals surface area contributed by atoms with Crippen LogP contribution in [0.4, 0.5) is 0 Å². The Kier molecular flexibility index (Phi) is 5.21. The highest BCUT2D eigenvalue weighted by Crippen LogP contribution is 2.22. The minimum Gasteiger partial charge on any atom is -0.468 e. The van der Waals surface area contributed by atoms with Crippen LogP contribution < -0.4 is 10.0 Å². The summed E-state index contributed by atoms with van der Waals surface area (Å²) in [4.78, 5) is 1.29. The molecule has 0 amide bonds. The van der Waals surface area contributed by atoms with Crippen molar-refractivity contribution in [3.8, 4) is 0 Å². The Morgan fingerprint density at radius 3 is 2.71 bits per heavy atom. The summed E-state index contributed by atoms with van der Waals surface area (Å²) >= 11 is 1.44. The summed E-state index contributed by atoms with van der Waals surface area (Å²) < 4.78 is 32.5. The fraction of sp³-hybridized carbons (Fsp3) is 0.429. The molecule has 1 atom stereocenters. The molecule has 0 aromatic carbocycles. The first-order valence-electron chi connectivity index (χ1n) is 6.75. The van der Waals surface area contributed by atoms with E-state index in [9.17, 15) is 8.42 Å². The molecule has 0 fully saturated rings. The van der Waals surface area contributed by atoms with E-state index in [1.54, 1.807) is 30.5 Å². The molecular weight excluding hydrogens is 308 g/mol. The summed E-state index contributed by atoms with van der Waals surface area (Å²) in [5, 5.41) is 4.93. The maximum absolute atomic E-state index is 12.3. The molecule has 0 bridgehead atoms. The second-order valence-electron chi connectivity index (χ2n) is 5.14. The quantitative estimate of drug-likeness (QED) is 0.820. The SMILES string of the molecule is CC(C)NCc1cc(S(=O)(=O)NC(C)c2ccco2)cs1. The monoisotopic (exact) mass is 328 g/mol. The van der Waals surface area contributed by atoms with E-state index in [-0.39, 0.29) is 0 Å². The third-order valence-corrected chi connectivity index (χ3v) is 5.53. The molecule has 0 saturated heterocycles. The van der Waals surface area contributed by atoms with Gasteiger partial charge < -0.3 is 9.73 Å². The van der Waals surface area contributed by atoms with Crippen molar-refractivity contribution in [1.82, 2.24) is 10.0 Å². The number of furan rings is 1. The van der Waals surface area contributed by atoms with Gasteiger partial charge in [0.1, 0.15) is 5.76 Å². The summed E-state index contributed by atoms with van der Waals surface area (Å²) in [6, 6.07) is 5.16. The first-order chi connectivity index (χ1) is 9.88. The van der Waals surface area contributed by atoms with Crippen LogP contribution in [-0.4, -0.2) is 14.5 Å². The summed E-state index contributed by atoms with van der Waals surface area (Å²) in [5.74, 6) is 0.593. The van der Waals surface area contributed by atoms with Crippen LogP contribution in [0.15, 0.2) is 39.2 Å². The van der Waals surface area contributed by atoms with Crippen LogP contribution in [0.5, 0.6) is 0 Å². The van der Waals surface area contributed by atoms with Crippen molar-refractivity contribution in [1.29, 1.82) is 0 Å². The maximum atomic E-state index is 12.3. The fourth-order valence-corrected chi connectivity index (χ4v) is 4.23. The molecule has 0 saturated carbocycles. The minimum atomic E-state index is -3.53. The van der Waals surface area contributed by atoms with Crippen LogP contribution >= 0.6 is 11.3 Å². The average molecular weight is 328 g/mol. The molecule has 5 nitrogen and oxygen atoms in total. The lowest BCUT2D eigenvalue weighted by Gasteiger charge is -2.10. The van der Waals surface area contributed by atoms with Crippen molar-refractivity contribution in [2.75, 3.05) is 0 Å². The zero-order valence-electron chi connectivity index (χ0n) is 12.3. The molecule has 0 radical (unpaired) electrons. The van der Waals surface area contributed by atoms with Gasteiger partial charge >= 0.3 is 0 Å². The lowest BCUT2D eigenvalue weighted by molar-refractivity contribution is 0.459. The second kappa shape index (κ2) is 6.74. The summed E-state index contributed by atoms with van der Waals surface area (Å²) in [7, 11) is -3.53. The minimum absolute atomic E-state index is 0.298. The van der Waals surface area contributed by atoms with Crippen molar-refractivity contribution >= 4 is 21.4 Å². The Hall–Kier alpha value is -1.15. The predicted octanol–water partition coefficient (Wildman–Crippen LogP) is 2.88. The molecule has 0 spiro atoms. The first-order valence-corrected chi connectivity index (χ1v) is 9.11. The van der Waals surface area contributed by atoms with E-state index >= 15 is 0 Å². The van der Waals surface area contributed by atoms with Crippen LogP contribution in [0.3, 0.4) is 0 Å². The zero-order chi connectivity index (χ0) is 15.5. The molecule has 21 heavy (non-hydrogen) atoms. The standard InChI is InChI=1S/C14H20N2O3S2/c1-10(2)15-8-12-7-13(9-20-12)21(17,18)16-11(3)14-5-4-6-19-14/h4-7,9-11,15-16H,8H2,1-3H3. The van der Waals surface area contributed by atoms with Gasteiger partial charge in [0.25, 0.3) is 0 Å². The highest BCUT2D eigenvalue weighted by atomic mass is 32.2. The Bertz CT molecular complexity index is 660. The van der Waals surface area contributed by atoms with E-state index in [0.717, 1.165) is 4.88 Å². The van der Waals surface area contributed by atoms with Gasteiger partial charge in [-0.3, -0.25) is 0 Å². The zero-order valence-corrected chi connectivity index (χ0v) is 13.9. The van der Waals surface area contributed by atoms with Crippen molar-refractivity contribution in [3.05, 3.63) is 40.5 Å². The number of hydrogen-bond acceptors (Lipinski definition) is 5. The van der Waals surface area contributed by atoms with Gasteiger partial charge in [0, 0.05) is 22.8 Å². The predicted molar refractivity (Wildman–Crippen MR) is 83.7 cm³/mol. The van der Waals surface area contributed by atoms with Crippen molar-refractivity contribution < 1.29 is 12.8 Å². The van der Waals surface area contributed by atoms with Crippen molar-refractivity contribution in [3.63, 3.8) is 0 Å².